The number of nitrogens with one attached hydrogen (secondary N) is 1. The second-order valence-corrected chi connectivity index (χ2v) is 8.14. The molecule has 0 aliphatic rings. The Morgan fingerprint density at radius 3 is 2.68 bits per heavy atom. The number of ether oxygens (including phenoxy) is 1. The van der Waals surface area contributed by atoms with Gasteiger partial charge < -0.3 is 24.0 Å². The summed E-state index contributed by atoms with van der Waals surface area (Å²) >= 11 is 0. The summed E-state index contributed by atoms with van der Waals surface area (Å²) in [6, 6.07) is 15.4. The molecule has 0 saturated heterocycles. The van der Waals surface area contributed by atoms with Gasteiger partial charge in [0, 0.05) is 32.5 Å². The molecule has 0 aliphatic heterocycles. The average Bonchev–Trinajstić information content (AvgIpc) is 3.43. The number of aromatic nitrogens is 3. The first-order valence-electron chi connectivity index (χ1n) is 10.9. The summed E-state index contributed by atoms with van der Waals surface area (Å²) in [5.41, 5.74) is 4.20. The lowest BCUT2D eigenvalue weighted by Gasteiger charge is -2.18. The molecule has 176 valence electrons. The fourth-order valence-corrected chi connectivity index (χ4v) is 3.84. The van der Waals surface area contributed by atoms with Crippen LogP contribution in [-0.4, -0.2) is 52.2 Å². The van der Waals surface area contributed by atoms with Crippen LogP contribution < -0.4 is 5.32 Å². The molecule has 0 bridgehead atoms. The summed E-state index contributed by atoms with van der Waals surface area (Å²) in [6.07, 6.45) is 2.52. The highest BCUT2D eigenvalue weighted by Gasteiger charge is 2.21. The number of methoxy groups -OCH3 is 1. The predicted octanol–water partition coefficient (Wildman–Crippen LogP) is 3.43. The number of nitrogens with zero attached hydrogens (tertiary/aromatic N) is 4. The Balaban J connectivity index is 1.68. The van der Waals surface area contributed by atoms with Crippen LogP contribution in [0.25, 0.3) is 11.0 Å². The van der Waals surface area contributed by atoms with E-state index in [1.165, 1.54) is 12.7 Å². The van der Waals surface area contributed by atoms with Crippen molar-refractivity contribution in [3.8, 4) is 0 Å². The van der Waals surface area contributed by atoms with Crippen molar-refractivity contribution in [1.82, 2.24) is 19.6 Å². The molecule has 2 aromatic carbocycles. The number of fused-ring (bicyclic) bond motifs is 1. The van der Waals surface area contributed by atoms with Gasteiger partial charge in [-0.2, -0.15) is 0 Å². The maximum absolute atomic E-state index is 13.5. The van der Waals surface area contributed by atoms with Gasteiger partial charge in [-0.15, -0.1) is 0 Å². The fourth-order valence-electron chi connectivity index (χ4n) is 3.84. The highest BCUT2D eigenvalue weighted by atomic mass is 16.5. The molecule has 0 radical (unpaired) electrons. The number of amides is 2. The van der Waals surface area contributed by atoms with Gasteiger partial charge in [0.2, 0.25) is 5.91 Å². The van der Waals surface area contributed by atoms with E-state index in [9.17, 15) is 9.59 Å². The Bertz CT molecular complexity index is 1300. The van der Waals surface area contributed by atoms with E-state index in [4.69, 9.17) is 9.26 Å². The van der Waals surface area contributed by atoms with Crippen molar-refractivity contribution in [3.05, 3.63) is 77.4 Å². The number of hydrogen-bond acceptors (Lipinski definition) is 6. The third-order valence-corrected chi connectivity index (χ3v) is 5.40. The summed E-state index contributed by atoms with van der Waals surface area (Å²) in [6.45, 7) is 2.66. The minimum absolute atomic E-state index is 0.0857. The molecule has 2 aromatic heterocycles. The van der Waals surface area contributed by atoms with Crippen molar-refractivity contribution in [2.75, 3.05) is 26.1 Å². The second kappa shape index (κ2) is 10.3. The van der Waals surface area contributed by atoms with Crippen molar-refractivity contribution >= 4 is 28.5 Å². The number of rotatable bonds is 9. The molecular weight excluding hydrogens is 434 g/mol. The normalized spacial score (nSPS) is 11.0. The highest BCUT2D eigenvalue weighted by Crippen LogP contribution is 2.26. The van der Waals surface area contributed by atoms with Crippen LogP contribution in [0.15, 0.2) is 59.4 Å². The third-order valence-electron chi connectivity index (χ3n) is 5.40. The lowest BCUT2D eigenvalue weighted by molar-refractivity contribution is -0.119. The SMILES string of the molecule is COCC(=O)Nc1cc(C(=O)N(C)Cc2cc(C)no2)c2c(c1)ncn2CCc1ccccc1. The molecule has 9 nitrogen and oxygen atoms in total. The zero-order valence-corrected chi connectivity index (χ0v) is 19.4. The molecule has 34 heavy (non-hydrogen) atoms. The lowest BCUT2D eigenvalue weighted by atomic mass is 10.1. The van der Waals surface area contributed by atoms with Gasteiger partial charge in [0.15, 0.2) is 5.76 Å². The van der Waals surface area contributed by atoms with Crippen LogP contribution in [0.5, 0.6) is 0 Å². The van der Waals surface area contributed by atoms with Gasteiger partial charge in [0.1, 0.15) is 6.61 Å². The van der Waals surface area contributed by atoms with Gasteiger partial charge in [-0.3, -0.25) is 9.59 Å². The smallest absolute Gasteiger partial charge is 0.256 e. The largest absolute Gasteiger partial charge is 0.375 e. The molecule has 4 aromatic rings. The maximum Gasteiger partial charge on any atom is 0.256 e. The summed E-state index contributed by atoms with van der Waals surface area (Å²) in [5.74, 6) is 0.0596. The number of anilines is 1. The second-order valence-electron chi connectivity index (χ2n) is 8.14. The highest BCUT2D eigenvalue weighted by molar-refractivity contribution is 6.07. The van der Waals surface area contributed by atoms with E-state index in [-0.39, 0.29) is 25.0 Å². The molecule has 0 spiro atoms. The molecule has 4 rings (SSSR count). The average molecular weight is 462 g/mol. The van der Waals surface area contributed by atoms with E-state index in [2.05, 4.69) is 27.6 Å². The van der Waals surface area contributed by atoms with Crippen LogP contribution in [0, 0.1) is 6.92 Å². The number of carbonyl (C=O) groups excluding carboxylic acids is 2. The predicted molar refractivity (Wildman–Crippen MR) is 127 cm³/mol. The lowest BCUT2D eigenvalue weighted by Crippen LogP contribution is -2.27. The number of benzene rings is 2. The molecule has 9 heteroatoms. The van der Waals surface area contributed by atoms with Crippen molar-refractivity contribution in [2.24, 2.45) is 0 Å². The Morgan fingerprint density at radius 2 is 1.97 bits per heavy atom. The number of aryl methyl sites for hydroxylation is 3. The topological polar surface area (TPSA) is 102 Å². The Morgan fingerprint density at radius 1 is 1.18 bits per heavy atom. The van der Waals surface area contributed by atoms with Crippen molar-refractivity contribution in [2.45, 2.75) is 26.4 Å². The first-order chi connectivity index (χ1) is 16.4. The van der Waals surface area contributed by atoms with Gasteiger partial charge in [-0.1, -0.05) is 35.5 Å². The number of imidazole rings is 1. The minimum Gasteiger partial charge on any atom is -0.375 e. The zero-order chi connectivity index (χ0) is 24.1. The minimum atomic E-state index is -0.311. The van der Waals surface area contributed by atoms with Crippen molar-refractivity contribution < 1.29 is 18.8 Å². The monoisotopic (exact) mass is 461 g/mol. The van der Waals surface area contributed by atoms with Crippen LogP contribution in [-0.2, 0) is 29.0 Å². The van der Waals surface area contributed by atoms with Crippen LogP contribution in [0.1, 0.15) is 27.4 Å². The van der Waals surface area contributed by atoms with Gasteiger partial charge in [-0.25, -0.2) is 4.98 Å². The maximum atomic E-state index is 13.5. The molecule has 1 N–H and O–H groups in total. The van der Waals surface area contributed by atoms with E-state index in [0.29, 0.717) is 34.6 Å². The van der Waals surface area contributed by atoms with Crippen LogP contribution >= 0.6 is 0 Å². The Kier molecular flexibility index (Phi) is 7.03. The quantitative estimate of drug-likeness (QED) is 0.410. The van der Waals surface area contributed by atoms with Gasteiger partial charge in [0.05, 0.1) is 35.2 Å². The van der Waals surface area contributed by atoms with Crippen LogP contribution in [0.4, 0.5) is 5.69 Å². The molecule has 2 heterocycles. The van der Waals surface area contributed by atoms with E-state index >= 15 is 0 Å². The number of carbonyl (C=O) groups is 2. The Hall–Kier alpha value is -3.98. The summed E-state index contributed by atoms with van der Waals surface area (Å²) < 4.78 is 12.2. The van der Waals surface area contributed by atoms with Crippen LogP contribution in [0.2, 0.25) is 0 Å². The van der Waals surface area contributed by atoms with Crippen molar-refractivity contribution in [3.63, 3.8) is 0 Å². The molecule has 0 atom stereocenters. The van der Waals surface area contributed by atoms with E-state index < -0.39 is 0 Å². The molecular formula is C25H27N5O4. The molecule has 0 saturated carbocycles. The van der Waals surface area contributed by atoms with E-state index in [0.717, 1.165) is 12.1 Å². The summed E-state index contributed by atoms with van der Waals surface area (Å²) in [4.78, 5) is 31.7. The first-order valence-corrected chi connectivity index (χ1v) is 10.9. The van der Waals surface area contributed by atoms with Gasteiger partial charge in [0.25, 0.3) is 5.91 Å². The molecule has 2 amide bonds. The molecule has 0 aliphatic carbocycles. The molecule has 0 fully saturated rings. The fraction of sp³-hybridized carbons (Fsp3) is 0.280. The van der Waals surface area contributed by atoms with Gasteiger partial charge in [-0.05, 0) is 31.0 Å². The zero-order valence-electron chi connectivity index (χ0n) is 19.4. The number of hydrogen-bond donors (Lipinski definition) is 1. The summed E-state index contributed by atoms with van der Waals surface area (Å²) in [5, 5.41) is 6.67. The molecule has 0 unspecified atom stereocenters. The van der Waals surface area contributed by atoms with Gasteiger partial charge >= 0.3 is 0 Å². The third kappa shape index (κ3) is 5.32. The van der Waals surface area contributed by atoms with Crippen LogP contribution in [0.3, 0.4) is 0 Å². The van der Waals surface area contributed by atoms with Crippen molar-refractivity contribution in [1.29, 1.82) is 0 Å². The summed E-state index contributed by atoms with van der Waals surface area (Å²) in [7, 11) is 3.15. The Labute approximate surface area is 197 Å². The standard InChI is InChI=1S/C25H27N5O4/c1-17-11-20(34-28-17)14-29(2)25(32)21-12-19(27-23(31)15-33-3)13-22-24(21)30(16-26-22)10-9-18-7-5-4-6-8-18/h4-8,11-13,16H,9-10,14-15H2,1-3H3,(H,27,31). The van der Waals surface area contributed by atoms with E-state index in [1.807, 2.05) is 29.7 Å². The van der Waals surface area contributed by atoms with E-state index in [1.54, 1.807) is 36.5 Å². The first kappa shape index (κ1) is 23.2.